The predicted octanol–water partition coefficient (Wildman–Crippen LogP) is 2.45. The first-order valence-electron chi connectivity index (χ1n) is 6.12. The minimum atomic E-state index is -0.489. The SMILES string of the molecule is Cc1cccc(Cc2noc(C(C)C(C)O)n2)c1. The molecule has 1 N–H and O–H groups in total. The van der Waals surface area contributed by atoms with Gasteiger partial charge in [-0.2, -0.15) is 4.98 Å². The van der Waals surface area contributed by atoms with Crippen molar-refractivity contribution in [3.8, 4) is 0 Å². The molecule has 0 aliphatic carbocycles. The van der Waals surface area contributed by atoms with Gasteiger partial charge >= 0.3 is 0 Å². The van der Waals surface area contributed by atoms with E-state index in [-0.39, 0.29) is 5.92 Å². The molecular weight excluding hydrogens is 228 g/mol. The van der Waals surface area contributed by atoms with Gasteiger partial charge in [0.05, 0.1) is 12.0 Å². The monoisotopic (exact) mass is 246 g/mol. The lowest BCUT2D eigenvalue weighted by atomic mass is 10.1. The van der Waals surface area contributed by atoms with Crippen molar-refractivity contribution in [2.24, 2.45) is 0 Å². The van der Waals surface area contributed by atoms with Crippen LogP contribution in [-0.2, 0) is 6.42 Å². The normalized spacial score (nSPS) is 14.4. The maximum Gasteiger partial charge on any atom is 0.232 e. The first kappa shape index (κ1) is 12.8. The molecule has 1 aromatic heterocycles. The Morgan fingerprint density at radius 1 is 1.33 bits per heavy atom. The summed E-state index contributed by atoms with van der Waals surface area (Å²) in [6, 6.07) is 8.22. The third-order valence-corrected chi connectivity index (χ3v) is 3.04. The fourth-order valence-electron chi connectivity index (χ4n) is 1.74. The van der Waals surface area contributed by atoms with Crippen molar-refractivity contribution in [3.63, 3.8) is 0 Å². The van der Waals surface area contributed by atoms with Crippen LogP contribution in [0.15, 0.2) is 28.8 Å². The lowest BCUT2D eigenvalue weighted by Crippen LogP contribution is -2.11. The Labute approximate surface area is 107 Å². The van der Waals surface area contributed by atoms with Gasteiger partial charge in [-0.1, -0.05) is 41.9 Å². The second kappa shape index (κ2) is 5.31. The summed E-state index contributed by atoms with van der Waals surface area (Å²) in [6.07, 6.45) is 0.162. The molecule has 96 valence electrons. The number of hydrogen-bond acceptors (Lipinski definition) is 4. The van der Waals surface area contributed by atoms with E-state index in [2.05, 4.69) is 29.2 Å². The number of aliphatic hydroxyl groups excluding tert-OH is 1. The van der Waals surface area contributed by atoms with Crippen molar-refractivity contribution in [2.45, 2.75) is 39.2 Å². The van der Waals surface area contributed by atoms with Crippen LogP contribution in [0.3, 0.4) is 0 Å². The molecule has 2 rings (SSSR count). The van der Waals surface area contributed by atoms with E-state index in [0.717, 1.165) is 5.56 Å². The summed E-state index contributed by atoms with van der Waals surface area (Å²) in [5.41, 5.74) is 2.38. The van der Waals surface area contributed by atoms with Crippen molar-refractivity contribution >= 4 is 0 Å². The minimum Gasteiger partial charge on any atom is -0.393 e. The number of hydrogen-bond donors (Lipinski definition) is 1. The quantitative estimate of drug-likeness (QED) is 0.900. The molecule has 0 bridgehead atoms. The van der Waals surface area contributed by atoms with E-state index in [1.165, 1.54) is 5.56 Å². The summed E-state index contributed by atoms with van der Waals surface area (Å²) in [7, 11) is 0. The Balaban J connectivity index is 2.11. The molecule has 2 aromatic rings. The topological polar surface area (TPSA) is 59.2 Å². The third-order valence-electron chi connectivity index (χ3n) is 3.04. The molecule has 2 unspecified atom stereocenters. The van der Waals surface area contributed by atoms with Gasteiger partial charge in [-0.3, -0.25) is 0 Å². The largest absolute Gasteiger partial charge is 0.393 e. The van der Waals surface area contributed by atoms with Crippen LogP contribution in [-0.4, -0.2) is 21.4 Å². The van der Waals surface area contributed by atoms with Crippen LogP contribution < -0.4 is 0 Å². The molecule has 1 aromatic carbocycles. The van der Waals surface area contributed by atoms with Gasteiger partial charge in [0, 0.05) is 6.42 Å². The molecule has 0 saturated heterocycles. The second-order valence-corrected chi connectivity index (χ2v) is 4.74. The summed E-state index contributed by atoms with van der Waals surface area (Å²) in [4.78, 5) is 4.32. The third kappa shape index (κ3) is 2.96. The second-order valence-electron chi connectivity index (χ2n) is 4.74. The first-order valence-corrected chi connectivity index (χ1v) is 6.12. The van der Waals surface area contributed by atoms with Crippen LogP contribution in [0.4, 0.5) is 0 Å². The van der Waals surface area contributed by atoms with Gasteiger partial charge in [-0.25, -0.2) is 0 Å². The van der Waals surface area contributed by atoms with Gasteiger partial charge in [0.1, 0.15) is 0 Å². The average molecular weight is 246 g/mol. The van der Waals surface area contributed by atoms with Crippen LogP contribution in [0.1, 0.15) is 42.6 Å². The standard InChI is InChI=1S/C14H18N2O2/c1-9-5-4-6-12(7-9)8-13-15-14(18-16-13)10(2)11(3)17/h4-7,10-11,17H,8H2,1-3H3. The van der Waals surface area contributed by atoms with Crippen LogP contribution in [0.5, 0.6) is 0 Å². The Kier molecular flexibility index (Phi) is 3.77. The van der Waals surface area contributed by atoms with Crippen LogP contribution in [0.25, 0.3) is 0 Å². The zero-order valence-corrected chi connectivity index (χ0v) is 10.9. The first-order chi connectivity index (χ1) is 8.56. The lowest BCUT2D eigenvalue weighted by Gasteiger charge is -2.08. The Morgan fingerprint density at radius 3 is 2.78 bits per heavy atom. The molecular formula is C14H18N2O2. The summed E-state index contributed by atoms with van der Waals surface area (Å²) in [5.74, 6) is 1.01. The minimum absolute atomic E-state index is 0.135. The Morgan fingerprint density at radius 2 is 2.11 bits per heavy atom. The van der Waals surface area contributed by atoms with Gasteiger partial charge in [0.25, 0.3) is 0 Å². The molecule has 0 aliphatic heterocycles. The molecule has 0 radical (unpaired) electrons. The van der Waals surface area contributed by atoms with Crippen LogP contribution in [0.2, 0.25) is 0 Å². The number of aryl methyl sites for hydroxylation is 1. The van der Waals surface area contributed by atoms with Crippen molar-refractivity contribution in [3.05, 3.63) is 47.1 Å². The highest BCUT2D eigenvalue weighted by molar-refractivity contribution is 5.24. The van der Waals surface area contributed by atoms with Crippen molar-refractivity contribution < 1.29 is 9.63 Å². The van der Waals surface area contributed by atoms with E-state index in [9.17, 15) is 5.11 Å². The summed E-state index contributed by atoms with van der Waals surface area (Å²) >= 11 is 0. The van der Waals surface area contributed by atoms with Crippen LogP contribution >= 0.6 is 0 Å². The van der Waals surface area contributed by atoms with Crippen molar-refractivity contribution in [2.75, 3.05) is 0 Å². The molecule has 1 heterocycles. The molecule has 4 nitrogen and oxygen atoms in total. The van der Waals surface area contributed by atoms with E-state index in [1.54, 1.807) is 6.92 Å². The predicted molar refractivity (Wildman–Crippen MR) is 68.4 cm³/mol. The van der Waals surface area contributed by atoms with E-state index >= 15 is 0 Å². The lowest BCUT2D eigenvalue weighted by molar-refractivity contribution is 0.151. The number of rotatable bonds is 4. The fourth-order valence-corrected chi connectivity index (χ4v) is 1.74. The number of aliphatic hydroxyl groups is 1. The van der Waals surface area contributed by atoms with E-state index in [1.807, 2.05) is 19.1 Å². The van der Waals surface area contributed by atoms with E-state index in [4.69, 9.17) is 4.52 Å². The molecule has 4 heteroatoms. The highest BCUT2D eigenvalue weighted by atomic mass is 16.5. The molecule has 2 atom stereocenters. The number of nitrogens with zero attached hydrogens (tertiary/aromatic N) is 2. The molecule has 18 heavy (non-hydrogen) atoms. The molecule has 0 spiro atoms. The zero-order chi connectivity index (χ0) is 13.1. The van der Waals surface area contributed by atoms with E-state index < -0.39 is 6.10 Å². The zero-order valence-electron chi connectivity index (χ0n) is 10.9. The van der Waals surface area contributed by atoms with Crippen molar-refractivity contribution in [1.29, 1.82) is 0 Å². The maximum atomic E-state index is 9.48. The average Bonchev–Trinajstić information content (AvgIpc) is 2.76. The summed E-state index contributed by atoms with van der Waals surface area (Å²) in [6.45, 7) is 5.64. The molecule has 0 aliphatic rings. The fraction of sp³-hybridized carbons (Fsp3) is 0.429. The van der Waals surface area contributed by atoms with Gasteiger partial charge in [0.15, 0.2) is 5.82 Å². The highest BCUT2D eigenvalue weighted by Gasteiger charge is 2.18. The van der Waals surface area contributed by atoms with E-state index in [0.29, 0.717) is 18.1 Å². The van der Waals surface area contributed by atoms with Gasteiger partial charge < -0.3 is 9.63 Å². The number of aromatic nitrogens is 2. The van der Waals surface area contributed by atoms with Crippen LogP contribution in [0, 0.1) is 6.92 Å². The Bertz CT molecular complexity index is 520. The molecule has 0 fully saturated rings. The molecule has 0 saturated carbocycles. The number of benzene rings is 1. The van der Waals surface area contributed by atoms with Gasteiger partial charge in [-0.15, -0.1) is 0 Å². The van der Waals surface area contributed by atoms with Crippen molar-refractivity contribution in [1.82, 2.24) is 10.1 Å². The smallest absolute Gasteiger partial charge is 0.232 e. The van der Waals surface area contributed by atoms with Gasteiger partial charge in [0.2, 0.25) is 5.89 Å². The summed E-state index contributed by atoms with van der Waals surface area (Å²) in [5, 5.41) is 13.4. The highest BCUT2D eigenvalue weighted by Crippen LogP contribution is 2.18. The Hall–Kier alpha value is -1.68. The maximum absolute atomic E-state index is 9.48. The summed E-state index contributed by atoms with van der Waals surface area (Å²) < 4.78 is 5.17. The van der Waals surface area contributed by atoms with Gasteiger partial charge in [-0.05, 0) is 19.4 Å². The molecule has 0 amide bonds.